The van der Waals surface area contributed by atoms with Crippen LogP contribution in [0.4, 0.5) is 0 Å². The van der Waals surface area contributed by atoms with Crippen molar-refractivity contribution in [1.29, 1.82) is 0 Å². The minimum Gasteiger partial charge on any atom is -0.493 e. The van der Waals surface area contributed by atoms with Gasteiger partial charge in [-0.2, -0.15) is 5.10 Å². The van der Waals surface area contributed by atoms with Crippen molar-refractivity contribution in [2.45, 2.75) is 38.1 Å². The summed E-state index contributed by atoms with van der Waals surface area (Å²) in [7, 11) is 3.26. The molecule has 6 nitrogen and oxygen atoms in total. The van der Waals surface area contributed by atoms with Gasteiger partial charge in [0, 0.05) is 10.9 Å². The molecule has 0 spiro atoms. The molecule has 1 aliphatic rings. The maximum Gasteiger partial charge on any atom is 0.206 e. The molecule has 1 aromatic carbocycles. The predicted octanol–water partition coefficient (Wildman–Crippen LogP) is 4.94. The monoisotopic (exact) mass is 411 g/mol. The van der Waals surface area contributed by atoms with Crippen LogP contribution in [0.1, 0.15) is 37.7 Å². The van der Waals surface area contributed by atoms with Crippen LogP contribution in [0.25, 0.3) is 11.5 Å². The largest absolute Gasteiger partial charge is 0.493 e. The molecule has 3 aromatic rings. The second kappa shape index (κ2) is 9.13. The highest BCUT2D eigenvalue weighted by Gasteiger charge is 2.15. The summed E-state index contributed by atoms with van der Waals surface area (Å²) in [5, 5.41) is 6.80. The first-order valence-corrected chi connectivity index (χ1v) is 10.7. The van der Waals surface area contributed by atoms with Gasteiger partial charge in [-0.1, -0.05) is 25.3 Å². The molecule has 0 amide bonds. The van der Waals surface area contributed by atoms with Gasteiger partial charge in [0.2, 0.25) is 4.80 Å². The highest BCUT2D eigenvalue weighted by molar-refractivity contribution is 7.07. The molecule has 29 heavy (non-hydrogen) atoms. The third-order valence-electron chi connectivity index (χ3n) is 5.07. The molecule has 0 saturated heterocycles. The van der Waals surface area contributed by atoms with Gasteiger partial charge in [0.25, 0.3) is 0 Å². The second-order valence-corrected chi connectivity index (χ2v) is 7.78. The van der Waals surface area contributed by atoms with Crippen molar-refractivity contribution in [3.63, 3.8) is 0 Å². The number of rotatable bonds is 6. The van der Waals surface area contributed by atoms with Crippen molar-refractivity contribution in [3.05, 3.63) is 52.3 Å². The van der Waals surface area contributed by atoms with Crippen LogP contribution in [0.3, 0.4) is 0 Å². The van der Waals surface area contributed by atoms with E-state index in [-0.39, 0.29) is 0 Å². The summed E-state index contributed by atoms with van der Waals surface area (Å²) in [5.41, 5.74) is 1.72. The van der Waals surface area contributed by atoms with Crippen molar-refractivity contribution in [2.24, 2.45) is 10.1 Å². The highest BCUT2D eigenvalue weighted by Crippen LogP contribution is 2.29. The first kappa shape index (κ1) is 19.5. The van der Waals surface area contributed by atoms with Crippen LogP contribution in [-0.4, -0.2) is 31.2 Å². The summed E-state index contributed by atoms with van der Waals surface area (Å²) in [6.45, 7) is 0. The van der Waals surface area contributed by atoms with Gasteiger partial charge in [-0.15, -0.1) is 11.3 Å². The van der Waals surface area contributed by atoms with Gasteiger partial charge in [0.15, 0.2) is 17.3 Å². The molecule has 1 saturated carbocycles. The molecule has 0 unspecified atom stereocenters. The molecule has 0 atom stereocenters. The number of nitrogens with zero attached hydrogens (tertiary/aromatic N) is 3. The molecule has 2 aromatic heterocycles. The Morgan fingerprint density at radius 3 is 2.69 bits per heavy atom. The van der Waals surface area contributed by atoms with Crippen molar-refractivity contribution in [2.75, 3.05) is 14.2 Å². The van der Waals surface area contributed by atoms with Gasteiger partial charge in [0.05, 0.1) is 32.7 Å². The Kier molecular flexibility index (Phi) is 6.14. The molecular formula is C22H25N3O3S. The van der Waals surface area contributed by atoms with Crippen molar-refractivity contribution in [3.8, 4) is 23.0 Å². The van der Waals surface area contributed by atoms with E-state index in [0.29, 0.717) is 17.5 Å². The van der Waals surface area contributed by atoms with Crippen LogP contribution < -0.4 is 14.3 Å². The van der Waals surface area contributed by atoms with Gasteiger partial charge >= 0.3 is 0 Å². The van der Waals surface area contributed by atoms with E-state index < -0.39 is 0 Å². The molecule has 0 bridgehead atoms. The Labute approximate surface area is 174 Å². The summed E-state index contributed by atoms with van der Waals surface area (Å²) in [6, 6.07) is 9.91. The smallest absolute Gasteiger partial charge is 0.206 e. The van der Waals surface area contributed by atoms with Gasteiger partial charge in [-0.05, 0) is 37.1 Å². The fraction of sp³-hybridized carbons (Fsp3) is 0.364. The third-order valence-corrected chi connectivity index (χ3v) is 5.90. The van der Waals surface area contributed by atoms with E-state index in [1.807, 2.05) is 40.4 Å². The van der Waals surface area contributed by atoms with Crippen LogP contribution in [0, 0.1) is 0 Å². The van der Waals surface area contributed by atoms with E-state index in [1.54, 1.807) is 38.0 Å². The number of furan rings is 1. The Hall–Kier alpha value is -2.80. The van der Waals surface area contributed by atoms with Crippen LogP contribution in [0.2, 0.25) is 0 Å². The maximum absolute atomic E-state index is 5.62. The van der Waals surface area contributed by atoms with Crippen molar-refractivity contribution < 1.29 is 13.9 Å². The predicted molar refractivity (Wildman–Crippen MR) is 115 cm³/mol. The fourth-order valence-corrected chi connectivity index (χ4v) is 4.48. The summed E-state index contributed by atoms with van der Waals surface area (Å²) in [4.78, 5) is 5.88. The van der Waals surface area contributed by atoms with E-state index in [4.69, 9.17) is 24.0 Å². The lowest BCUT2D eigenvalue weighted by Crippen LogP contribution is -2.19. The first-order valence-electron chi connectivity index (χ1n) is 9.83. The topological polar surface area (TPSA) is 61.2 Å². The number of hydrogen-bond acceptors (Lipinski definition) is 6. The van der Waals surface area contributed by atoms with Gasteiger partial charge < -0.3 is 13.9 Å². The van der Waals surface area contributed by atoms with E-state index in [9.17, 15) is 0 Å². The van der Waals surface area contributed by atoms with Crippen LogP contribution >= 0.6 is 11.3 Å². The average molecular weight is 412 g/mol. The molecule has 0 radical (unpaired) electrons. The zero-order valence-electron chi connectivity index (χ0n) is 16.7. The maximum atomic E-state index is 5.62. The lowest BCUT2D eigenvalue weighted by Gasteiger charge is -2.16. The zero-order chi connectivity index (χ0) is 20.1. The average Bonchev–Trinajstić information content (AvgIpc) is 3.42. The van der Waals surface area contributed by atoms with E-state index >= 15 is 0 Å². The van der Waals surface area contributed by atoms with Crippen LogP contribution in [0.5, 0.6) is 11.5 Å². The van der Waals surface area contributed by atoms with Gasteiger partial charge in [0.1, 0.15) is 5.69 Å². The molecule has 0 N–H and O–H groups in total. The molecule has 1 fully saturated rings. The standard InChI is InChI=1S/C22H25N3O3S/c1-26-20-11-6-8-16(21(20)27-2)14-23-25-18(19-12-7-13-28-19)15-29-22(25)24-17-9-4-3-5-10-17/h6-8,11-15,17H,3-5,9-10H2,1-2H3. The number of benzene rings is 1. The van der Waals surface area contributed by atoms with Gasteiger partial charge in [-0.25, -0.2) is 4.68 Å². The Morgan fingerprint density at radius 2 is 1.97 bits per heavy atom. The highest BCUT2D eigenvalue weighted by atomic mass is 32.1. The second-order valence-electron chi connectivity index (χ2n) is 6.94. The zero-order valence-corrected chi connectivity index (χ0v) is 17.5. The van der Waals surface area contributed by atoms with E-state index in [0.717, 1.165) is 34.7 Å². The van der Waals surface area contributed by atoms with Crippen LogP contribution in [0.15, 0.2) is 56.5 Å². The summed E-state index contributed by atoms with van der Waals surface area (Å²) in [5.74, 6) is 2.09. The normalized spacial score (nSPS) is 15.9. The number of methoxy groups -OCH3 is 2. The molecule has 1 aliphatic carbocycles. The van der Waals surface area contributed by atoms with Crippen molar-refractivity contribution in [1.82, 2.24) is 4.68 Å². The number of aromatic nitrogens is 1. The fourth-order valence-electron chi connectivity index (χ4n) is 3.59. The van der Waals surface area contributed by atoms with Gasteiger partial charge in [-0.3, -0.25) is 4.99 Å². The number of para-hydroxylation sites is 1. The number of thiazole rings is 1. The quantitative estimate of drug-likeness (QED) is 0.540. The molecular weight excluding hydrogens is 386 g/mol. The lowest BCUT2D eigenvalue weighted by atomic mass is 9.96. The summed E-state index contributed by atoms with van der Waals surface area (Å²) >= 11 is 1.59. The first-order chi connectivity index (χ1) is 14.3. The minimum atomic E-state index is 0.361. The molecule has 0 aliphatic heterocycles. The number of hydrogen-bond donors (Lipinski definition) is 0. The molecule has 4 rings (SSSR count). The molecule has 152 valence electrons. The van der Waals surface area contributed by atoms with E-state index in [2.05, 4.69) is 0 Å². The van der Waals surface area contributed by atoms with E-state index in [1.165, 1.54) is 19.3 Å². The molecule has 7 heteroatoms. The van der Waals surface area contributed by atoms with Crippen LogP contribution in [-0.2, 0) is 0 Å². The third kappa shape index (κ3) is 4.29. The summed E-state index contributed by atoms with van der Waals surface area (Å²) in [6.07, 6.45) is 9.53. The Morgan fingerprint density at radius 1 is 1.10 bits per heavy atom. The van der Waals surface area contributed by atoms with Crippen molar-refractivity contribution >= 4 is 17.6 Å². The number of ether oxygens (including phenoxy) is 2. The molecule has 2 heterocycles. The minimum absolute atomic E-state index is 0.361. The SMILES string of the molecule is COc1cccc(C=Nn2c(-c3ccco3)csc2=NC2CCCCC2)c1OC. The lowest BCUT2D eigenvalue weighted by molar-refractivity contribution is 0.354. The Bertz CT molecular complexity index is 1030. The summed E-state index contributed by atoms with van der Waals surface area (Å²) < 4.78 is 18.4. The Balaban J connectivity index is 1.76.